The van der Waals surface area contributed by atoms with Crippen LogP contribution in [0.3, 0.4) is 0 Å². The lowest BCUT2D eigenvalue weighted by molar-refractivity contribution is -0.122. The van der Waals surface area contributed by atoms with Crippen LogP contribution in [0.5, 0.6) is 0 Å². The van der Waals surface area contributed by atoms with Gasteiger partial charge < -0.3 is 11.5 Å². The van der Waals surface area contributed by atoms with Crippen molar-refractivity contribution in [3.8, 4) is 0 Å². The van der Waals surface area contributed by atoms with E-state index in [1.807, 2.05) is 18.9 Å². The molecule has 4 heteroatoms. The van der Waals surface area contributed by atoms with Crippen LogP contribution >= 0.6 is 0 Å². The first-order valence-corrected chi connectivity index (χ1v) is 4.33. The third-order valence-corrected chi connectivity index (χ3v) is 1.96. The first-order valence-electron chi connectivity index (χ1n) is 4.33. The molecule has 12 heavy (non-hydrogen) atoms. The Bertz CT molecular complexity index is 138. The lowest BCUT2D eigenvalue weighted by Gasteiger charge is -2.23. The minimum absolute atomic E-state index is 0.142. The molecule has 0 saturated heterocycles. The highest BCUT2D eigenvalue weighted by atomic mass is 16.1. The van der Waals surface area contributed by atoms with Crippen LogP contribution in [0.2, 0.25) is 0 Å². The number of carbonyl (C=O) groups excluding carboxylic acids is 1. The summed E-state index contributed by atoms with van der Waals surface area (Å²) in [6, 6.07) is -0.142. The predicted molar refractivity (Wildman–Crippen MR) is 49.6 cm³/mol. The summed E-state index contributed by atoms with van der Waals surface area (Å²) in [4.78, 5) is 12.8. The van der Waals surface area contributed by atoms with E-state index >= 15 is 0 Å². The van der Waals surface area contributed by atoms with E-state index in [0.717, 1.165) is 19.4 Å². The zero-order chi connectivity index (χ0) is 9.56. The Morgan fingerprint density at radius 1 is 1.58 bits per heavy atom. The van der Waals surface area contributed by atoms with Crippen LogP contribution < -0.4 is 11.5 Å². The number of primary amides is 1. The molecule has 0 aromatic heterocycles. The van der Waals surface area contributed by atoms with Crippen LogP contribution in [-0.4, -0.2) is 37.0 Å². The molecule has 0 spiro atoms. The molecule has 4 N–H and O–H groups in total. The van der Waals surface area contributed by atoms with E-state index in [-0.39, 0.29) is 11.9 Å². The summed E-state index contributed by atoms with van der Waals surface area (Å²) in [6.45, 7) is 3.44. The largest absolute Gasteiger partial charge is 0.368 e. The van der Waals surface area contributed by atoms with E-state index in [9.17, 15) is 4.79 Å². The Morgan fingerprint density at radius 3 is 2.50 bits per heavy atom. The van der Waals surface area contributed by atoms with E-state index in [1.165, 1.54) is 0 Å². The average Bonchev–Trinajstić information content (AvgIpc) is 2.01. The highest BCUT2D eigenvalue weighted by molar-refractivity contribution is 5.79. The number of nitrogens with zero attached hydrogens (tertiary/aromatic N) is 1. The Morgan fingerprint density at radius 2 is 2.17 bits per heavy atom. The standard InChI is InChI=1S/C8H19N3O/c1-3-7(8(10)12)11(2)6-4-5-9/h7H,3-6,9H2,1-2H3,(H2,10,12). The van der Waals surface area contributed by atoms with Gasteiger partial charge in [-0.15, -0.1) is 0 Å². The van der Waals surface area contributed by atoms with Crippen molar-refractivity contribution in [2.24, 2.45) is 11.5 Å². The fraction of sp³-hybridized carbons (Fsp3) is 0.875. The number of carbonyl (C=O) groups is 1. The quantitative estimate of drug-likeness (QED) is 0.570. The molecule has 1 unspecified atom stereocenters. The van der Waals surface area contributed by atoms with Gasteiger partial charge in [-0.2, -0.15) is 0 Å². The molecule has 0 aromatic rings. The maximum Gasteiger partial charge on any atom is 0.234 e. The monoisotopic (exact) mass is 173 g/mol. The van der Waals surface area contributed by atoms with Gasteiger partial charge in [0.25, 0.3) is 0 Å². The van der Waals surface area contributed by atoms with Crippen molar-refractivity contribution >= 4 is 5.91 Å². The molecule has 0 saturated carbocycles. The molecular weight excluding hydrogens is 154 g/mol. The van der Waals surface area contributed by atoms with Crippen molar-refractivity contribution in [3.63, 3.8) is 0 Å². The number of rotatable bonds is 6. The van der Waals surface area contributed by atoms with Crippen LogP contribution in [-0.2, 0) is 4.79 Å². The van der Waals surface area contributed by atoms with Gasteiger partial charge in [-0.3, -0.25) is 9.69 Å². The molecule has 0 aliphatic rings. The fourth-order valence-electron chi connectivity index (χ4n) is 1.23. The molecule has 0 bridgehead atoms. The van der Waals surface area contributed by atoms with Gasteiger partial charge in [-0.25, -0.2) is 0 Å². The fourth-order valence-corrected chi connectivity index (χ4v) is 1.23. The average molecular weight is 173 g/mol. The second-order valence-electron chi connectivity index (χ2n) is 2.95. The number of nitrogens with two attached hydrogens (primary N) is 2. The molecule has 0 aliphatic carbocycles. The van der Waals surface area contributed by atoms with Crippen molar-refractivity contribution in [1.29, 1.82) is 0 Å². The van der Waals surface area contributed by atoms with Crippen LogP contribution in [0.25, 0.3) is 0 Å². The topological polar surface area (TPSA) is 72.4 Å². The third kappa shape index (κ3) is 3.69. The SMILES string of the molecule is CCC(C(N)=O)N(C)CCCN. The first-order chi connectivity index (χ1) is 5.63. The van der Waals surface area contributed by atoms with E-state index < -0.39 is 0 Å². The van der Waals surface area contributed by atoms with Crippen molar-refractivity contribution < 1.29 is 4.79 Å². The van der Waals surface area contributed by atoms with Crippen LogP contribution in [0.4, 0.5) is 0 Å². The number of hydrogen-bond acceptors (Lipinski definition) is 3. The zero-order valence-electron chi connectivity index (χ0n) is 7.92. The van der Waals surface area contributed by atoms with Gasteiger partial charge in [0, 0.05) is 0 Å². The van der Waals surface area contributed by atoms with Crippen LogP contribution in [0, 0.1) is 0 Å². The highest BCUT2D eigenvalue weighted by Gasteiger charge is 2.17. The predicted octanol–water partition coefficient (Wildman–Crippen LogP) is -0.469. The Balaban J connectivity index is 3.85. The smallest absolute Gasteiger partial charge is 0.234 e. The van der Waals surface area contributed by atoms with Crippen molar-refractivity contribution in [2.45, 2.75) is 25.8 Å². The van der Waals surface area contributed by atoms with E-state index in [0.29, 0.717) is 6.54 Å². The summed E-state index contributed by atoms with van der Waals surface area (Å²) in [5, 5.41) is 0. The molecule has 72 valence electrons. The summed E-state index contributed by atoms with van der Waals surface area (Å²) in [6.07, 6.45) is 1.66. The van der Waals surface area contributed by atoms with E-state index in [4.69, 9.17) is 11.5 Å². The summed E-state index contributed by atoms with van der Waals surface area (Å²) in [5.74, 6) is -0.253. The molecule has 0 fully saturated rings. The number of likely N-dealkylation sites (N-methyl/N-ethyl adjacent to an activating group) is 1. The third-order valence-electron chi connectivity index (χ3n) is 1.96. The van der Waals surface area contributed by atoms with Crippen molar-refractivity contribution in [1.82, 2.24) is 4.90 Å². The van der Waals surface area contributed by atoms with Gasteiger partial charge in [0.05, 0.1) is 6.04 Å². The Labute approximate surface area is 73.9 Å². The first kappa shape index (κ1) is 11.4. The van der Waals surface area contributed by atoms with Crippen LogP contribution in [0.1, 0.15) is 19.8 Å². The summed E-state index contributed by atoms with van der Waals surface area (Å²) in [7, 11) is 1.90. The lowest BCUT2D eigenvalue weighted by Crippen LogP contribution is -2.42. The molecular formula is C8H19N3O. The molecule has 1 amide bonds. The molecule has 1 atom stereocenters. The minimum atomic E-state index is -0.253. The zero-order valence-corrected chi connectivity index (χ0v) is 7.92. The Kier molecular flexibility index (Phi) is 5.66. The molecule has 0 radical (unpaired) electrons. The van der Waals surface area contributed by atoms with Gasteiger partial charge >= 0.3 is 0 Å². The van der Waals surface area contributed by atoms with E-state index in [2.05, 4.69) is 0 Å². The molecule has 0 heterocycles. The summed E-state index contributed by atoms with van der Waals surface area (Å²) >= 11 is 0. The molecule has 0 rings (SSSR count). The summed E-state index contributed by atoms with van der Waals surface area (Å²) < 4.78 is 0. The normalized spacial score (nSPS) is 13.3. The lowest BCUT2D eigenvalue weighted by atomic mass is 10.2. The number of amides is 1. The van der Waals surface area contributed by atoms with E-state index in [1.54, 1.807) is 0 Å². The van der Waals surface area contributed by atoms with Gasteiger partial charge in [0.2, 0.25) is 5.91 Å². The second-order valence-corrected chi connectivity index (χ2v) is 2.95. The Hall–Kier alpha value is -0.610. The van der Waals surface area contributed by atoms with Gasteiger partial charge in [-0.05, 0) is 33.0 Å². The van der Waals surface area contributed by atoms with Crippen molar-refractivity contribution in [3.05, 3.63) is 0 Å². The maximum atomic E-state index is 10.9. The molecule has 0 aromatic carbocycles. The van der Waals surface area contributed by atoms with Gasteiger partial charge in [-0.1, -0.05) is 6.92 Å². The maximum absolute atomic E-state index is 10.9. The number of hydrogen-bond donors (Lipinski definition) is 2. The molecule has 4 nitrogen and oxygen atoms in total. The van der Waals surface area contributed by atoms with Gasteiger partial charge in [0.1, 0.15) is 0 Å². The second kappa shape index (κ2) is 5.97. The van der Waals surface area contributed by atoms with Crippen LogP contribution in [0.15, 0.2) is 0 Å². The summed E-state index contributed by atoms with van der Waals surface area (Å²) in [5.41, 5.74) is 10.6. The highest BCUT2D eigenvalue weighted by Crippen LogP contribution is 2.00. The van der Waals surface area contributed by atoms with Gasteiger partial charge in [0.15, 0.2) is 0 Å². The minimum Gasteiger partial charge on any atom is -0.368 e. The van der Waals surface area contributed by atoms with Crippen molar-refractivity contribution in [2.75, 3.05) is 20.1 Å². The molecule has 0 aliphatic heterocycles.